The fourth-order valence-electron chi connectivity index (χ4n) is 0.667. The van der Waals surface area contributed by atoms with E-state index in [1.54, 1.807) is 0 Å². The van der Waals surface area contributed by atoms with Crippen molar-refractivity contribution < 1.29 is 0 Å². The highest BCUT2D eigenvalue weighted by Gasteiger charge is 1.83. The summed E-state index contributed by atoms with van der Waals surface area (Å²) in [5, 5.41) is 0. The minimum absolute atomic E-state index is 0.780. The number of rotatable bonds is 4. The second-order valence-electron chi connectivity index (χ2n) is 3.84. The summed E-state index contributed by atoms with van der Waals surface area (Å²) in [6, 6.07) is 0. The van der Waals surface area contributed by atoms with Crippen molar-refractivity contribution in [3.05, 3.63) is 25.3 Å². The Morgan fingerprint density at radius 3 is 1.08 bits per heavy atom. The van der Waals surface area contributed by atoms with E-state index in [9.17, 15) is 0 Å². The summed E-state index contributed by atoms with van der Waals surface area (Å²) in [4.78, 5) is 0. The van der Waals surface area contributed by atoms with Gasteiger partial charge in [0.15, 0.2) is 0 Å². The quantitative estimate of drug-likeness (QED) is 0.544. The molecule has 0 aliphatic rings. The molecule has 0 saturated heterocycles. The molecule has 0 nitrogen and oxygen atoms in total. The van der Waals surface area contributed by atoms with Crippen LogP contribution in [0.2, 0.25) is 0 Å². The first-order valence-corrected chi connectivity index (χ1v) is 4.76. The maximum atomic E-state index is 3.60. The molecule has 0 aromatic carbocycles. The summed E-state index contributed by atoms with van der Waals surface area (Å²) < 4.78 is 0. The van der Waals surface area contributed by atoms with Gasteiger partial charge < -0.3 is 0 Å². The molecule has 0 heterocycles. The highest BCUT2D eigenvalue weighted by molar-refractivity contribution is 4.67. The molecule has 0 aliphatic heterocycles. The Kier molecular flexibility index (Phi) is 12.3. The van der Waals surface area contributed by atoms with Gasteiger partial charge in [-0.15, -0.1) is 13.2 Å². The Labute approximate surface area is 78.4 Å². The summed E-state index contributed by atoms with van der Waals surface area (Å²) >= 11 is 0. The van der Waals surface area contributed by atoms with Gasteiger partial charge in [-0.3, -0.25) is 0 Å². The molecular formula is C12H24. The van der Waals surface area contributed by atoms with Crippen LogP contribution < -0.4 is 0 Å². The van der Waals surface area contributed by atoms with Crippen LogP contribution in [0.25, 0.3) is 0 Å². The van der Waals surface area contributed by atoms with Crippen LogP contribution in [-0.2, 0) is 0 Å². The molecule has 12 heavy (non-hydrogen) atoms. The van der Waals surface area contributed by atoms with Crippen molar-refractivity contribution in [3.63, 3.8) is 0 Å². The zero-order valence-corrected chi connectivity index (χ0v) is 9.14. The predicted molar refractivity (Wildman–Crippen MR) is 59.3 cm³/mol. The van der Waals surface area contributed by atoms with Crippen molar-refractivity contribution in [1.29, 1.82) is 0 Å². The van der Waals surface area contributed by atoms with Gasteiger partial charge in [-0.05, 0) is 24.7 Å². The number of hydrogen-bond donors (Lipinski definition) is 0. The van der Waals surface area contributed by atoms with Gasteiger partial charge in [0.1, 0.15) is 0 Å². The van der Waals surface area contributed by atoms with E-state index in [1.165, 1.54) is 0 Å². The second-order valence-corrected chi connectivity index (χ2v) is 3.84. The van der Waals surface area contributed by atoms with E-state index >= 15 is 0 Å². The maximum absolute atomic E-state index is 3.60. The fourth-order valence-corrected chi connectivity index (χ4v) is 0.667. The topological polar surface area (TPSA) is 0 Å². The van der Waals surface area contributed by atoms with Gasteiger partial charge in [0, 0.05) is 0 Å². The smallest absolute Gasteiger partial charge is 0.0330 e. The number of allylic oxidation sites excluding steroid dienone is 2. The zero-order valence-electron chi connectivity index (χ0n) is 9.14. The standard InChI is InChI=1S/2C6H12/c2*1-4-5-6(2)3/h2*4,6H,1,5H2,2-3H3. The van der Waals surface area contributed by atoms with Gasteiger partial charge >= 0.3 is 0 Å². The minimum atomic E-state index is 0.780. The normalized spacial score (nSPS) is 9.17. The third-order valence-corrected chi connectivity index (χ3v) is 1.28. The van der Waals surface area contributed by atoms with Crippen molar-refractivity contribution in [2.45, 2.75) is 40.5 Å². The molecule has 0 fully saturated rings. The lowest BCUT2D eigenvalue weighted by Gasteiger charge is -1.92. The summed E-state index contributed by atoms with van der Waals surface area (Å²) in [6.45, 7) is 15.9. The first-order valence-electron chi connectivity index (χ1n) is 4.76. The van der Waals surface area contributed by atoms with Gasteiger partial charge in [0.2, 0.25) is 0 Å². The van der Waals surface area contributed by atoms with Crippen LogP contribution in [0.5, 0.6) is 0 Å². The average molecular weight is 168 g/mol. The van der Waals surface area contributed by atoms with Crippen LogP contribution in [0.3, 0.4) is 0 Å². The summed E-state index contributed by atoms with van der Waals surface area (Å²) in [6.07, 6.45) is 6.18. The largest absolute Gasteiger partial charge is 0.103 e. The van der Waals surface area contributed by atoms with E-state index < -0.39 is 0 Å². The lowest BCUT2D eigenvalue weighted by atomic mass is 10.1. The summed E-state index contributed by atoms with van der Waals surface area (Å²) in [5.41, 5.74) is 0. The van der Waals surface area contributed by atoms with E-state index in [0.29, 0.717) is 0 Å². The van der Waals surface area contributed by atoms with Crippen LogP contribution in [0.4, 0.5) is 0 Å². The van der Waals surface area contributed by atoms with Gasteiger partial charge in [0.25, 0.3) is 0 Å². The molecule has 0 aromatic heterocycles. The van der Waals surface area contributed by atoms with E-state index in [4.69, 9.17) is 0 Å². The first kappa shape index (κ1) is 14.0. The third-order valence-electron chi connectivity index (χ3n) is 1.28. The van der Waals surface area contributed by atoms with Crippen LogP contribution in [0, 0.1) is 11.8 Å². The van der Waals surface area contributed by atoms with Crippen molar-refractivity contribution in [2.75, 3.05) is 0 Å². The first-order chi connectivity index (χ1) is 5.54. The molecule has 0 aromatic rings. The van der Waals surface area contributed by atoms with E-state index in [0.717, 1.165) is 24.7 Å². The molecule has 0 radical (unpaired) electrons. The molecular weight excluding hydrogens is 144 g/mol. The highest BCUT2D eigenvalue weighted by Crippen LogP contribution is 1.97. The molecule has 0 N–H and O–H groups in total. The van der Waals surface area contributed by atoms with Gasteiger partial charge in [-0.25, -0.2) is 0 Å². The zero-order chi connectivity index (χ0) is 9.98. The highest BCUT2D eigenvalue weighted by atomic mass is 13.9. The van der Waals surface area contributed by atoms with Gasteiger partial charge in [-0.2, -0.15) is 0 Å². The fraction of sp³-hybridized carbons (Fsp3) is 0.667. The minimum Gasteiger partial charge on any atom is -0.103 e. The molecule has 0 bridgehead atoms. The molecule has 0 amide bonds. The van der Waals surface area contributed by atoms with E-state index in [-0.39, 0.29) is 0 Å². The molecule has 0 aliphatic carbocycles. The van der Waals surface area contributed by atoms with Gasteiger partial charge in [0.05, 0.1) is 0 Å². The summed E-state index contributed by atoms with van der Waals surface area (Å²) in [5.74, 6) is 1.56. The molecule has 0 heteroatoms. The Morgan fingerprint density at radius 1 is 0.833 bits per heavy atom. The van der Waals surface area contributed by atoms with Crippen LogP contribution in [-0.4, -0.2) is 0 Å². The van der Waals surface area contributed by atoms with Crippen molar-refractivity contribution in [3.8, 4) is 0 Å². The van der Waals surface area contributed by atoms with Crippen molar-refractivity contribution in [2.24, 2.45) is 11.8 Å². The van der Waals surface area contributed by atoms with Crippen LogP contribution in [0.1, 0.15) is 40.5 Å². The van der Waals surface area contributed by atoms with E-state index in [1.807, 2.05) is 12.2 Å². The third kappa shape index (κ3) is 22.7. The van der Waals surface area contributed by atoms with Crippen molar-refractivity contribution >= 4 is 0 Å². The molecule has 0 unspecified atom stereocenters. The van der Waals surface area contributed by atoms with Crippen LogP contribution >= 0.6 is 0 Å². The Hall–Kier alpha value is -0.520. The molecule has 0 saturated carbocycles. The summed E-state index contributed by atoms with van der Waals surface area (Å²) in [7, 11) is 0. The Bertz CT molecular complexity index is 84.6. The molecule has 0 rings (SSSR count). The Balaban J connectivity index is 0. The van der Waals surface area contributed by atoms with E-state index in [2.05, 4.69) is 40.9 Å². The average Bonchev–Trinajstić information content (AvgIpc) is 1.87. The maximum Gasteiger partial charge on any atom is -0.0330 e. The van der Waals surface area contributed by atoms with Crippen LogP contribution in [0.15, 0.2) is 25.3 Å². The van der Waals surface area contributed by atoms with Crippen molar-refractivity contribution in [1.82, 2.24) is 0 Å². The lowest BCUT2D eigenvalue weighted by Crippen LogP contribution is -1.78. The SMILES string of the molecule is C=CCC(C)C.C=CCC(C)C. The molecule has 72 valence electrons. The Morgan fingerprint density at radius 2 is 1.08 bits per heavy atom. The van der Waals surface area contributed by atoms with Gasteiger partial charge in [-0.1, -0.05) is 39.8 Å². The second kappa shape index (κ2) is 10.5. The molecule has 0 spiro atoms. The predicted octanol–water partition coefficient (Wildman–Crippen LogP) is 4.44. The lowest BCUT2D eigenvalue weighted by molar-refractivity contribution is 0.664. The molecule has 0 atom stereocenters. The monoisotopic (exact) mass is 168 g/mol. The number of hydrogen-bond acceptors (Lipinski definition) is 0.